The molecule has 19 heavy (non-hydrogen) atoms. The molecule has 0 aliphatic rings. The van der Waals surface area contributed by atoms with Gasteiger partial charge in [-0.05, 0) is 24.6 Å². The van der Waals surface area contributed by atoms with Crippen molar-refractivity contribution < 1.29 is 14.6 Å². The zero-order valence-corrected chi connectivity index (χ0v) is 10.8. The Hall–Kier alpha value is -2.21. The highest BCUT2D eigenvalue weighted by atomic mass is 16.5. The predicted molar refractivity (Wildman–Crippen MR) is 68.0 cm³/mol. The first-order valence-electron chi connectivity index (χ1n) is 5.81. The number of hydrogen-bond donors (Lipinski definition) is 1. The van der Waals surface area contributed by atoms with E-state index in [2.05, 4.69) is 10.2 Å². The fraction of sp³-hybridized carbons (Fsp3) is 0.308. The van der Waals surface area contributed by atoms with E-state index >= 15 is 0 Å². The van der Waals surface area contributed by atoms with Crippen molar-refractivity contribution in [3.8, 4) is 0 Å². The SMILES string of the molecule is COCc1nnc(C)n1Cc1ccc(C(=O)O)cc1. The Morgan fingerprint density at radius 3 is 2.58 bits per heavy atom. The van der Waals surface area contributed by atoms with Gasteiger partial charge in [-0.3, -0.25) is 0 Å². The van der Waals surface area contributed by atoms with E-state index in [0.29, 0.717) is 13.2 Å². The molecule has 0 amide bonds. The fourth-order valence-corrected chi connectivity index (χ4v) is 1.80. The van der Waals surface area contributed by atoms with Gasteiger partial charge in [0.15, 0.2) is 5.82 Å². The summed E-state index contributed by atoms with van der Waals surface area (Å²) in [5, 5.41) is 16.9. The smallest absolute Gasteiger partial charge is 0.335 e. The van der Waals surface area contributed by atoms with Gasteiger partial charge in [-0.2, -0.15) is 0 Å². The van der Waals surface area contributed by atoms with Gasteiger partial charge in [0, 0.05) is 7.11 Å². The lowest BCUT2D eigenvalue weighted by molar-refractivity contribution is 0.0697. The van der Waals surface area contributed by atoms with Crippen LogP contribution in [0.25, 0.3) is 0 Å². The van der Waals surface area contributed by atoms with Crippen LogP contribution in [0.5, 0.6) is 0 Å². The minimum Gasteiger partial charge on any atom is -0.478 e. The number of benzene rings is 1. The molecule has 0 aliphatic carbocycles. The molecular weight excluding hydrogens is 246 g/mol. The zero-order valence-electron chi connectivity index (χ0n) is 10.8. The average Bonchev–Trinajstić information content (AvgIpc) is 2.73. The molecule has 0 bridgehead atoms. The second-order valence-electron chi connectivity index (χ2n) is 4.18. The first-order valence-corrected chi connectivity index (χ1v) is 5.81. The molecule has 0 unspecified atom stereocenters. The molecule has 6 nitrogen and oxygen atoms in total. The highest BCUT2D eigenvalue weighted by molar-refractivity contribution is 5.87. The minimum atomic E-state index is -0.924. The number of aromatic nitrogens is 3. The maximum atomic E-state index is 10.8. The molecule has 2 rings (SSSR count). The first-order chi connectivity index (χ1) is 9.11. The van der Waals surface area contributed by atoms with Crippen LogP contribution in [0.2, 0.25) is 0 Å². The summed E-state index contributed by atoms with van der Waals surface area (Å²) in [4.78, 5) is 10.8. The van der Waals surface area contributed by atoms with Gasteiger partial charge in [0.1, 0.15) is 12.4 Å². The summed E-state index contributed by atoms with van der Waals surface area (Å²) in [6.45, 7) is 2.86. The molecule has 0 fully saturated rings. The number of carbonyl (C=O) groups is 1. The molecule has 1 aromatic heterocycles. The molecule has 1 heterocycles. The molecule has 0 atom stereocenters. The topological polar surface area (TPSA) is 77.2 Å². The Labute approximate surface area is 110 Å². The van der Waals surface area contributed by atoms with Crippen LogP contribution in [0.15, 0.2) is 24.3 Å². The first kappa shape index (κ1) is 13.2. The van der Waals surface area contributed by atoms with E-state index in [4.69, 9.17) is 9.84 Å². The molecule has 1 N–H and O–H groups in total. The van der Waals surface area contributed by atoms with Crippen molar-refractivity contribution in [2.75, 3.05) is 7.11 Å². The molecule has 0 saturated heterocycles. The fourth-order valence-electron chi connectivity index (χ4n) is 1.80. The standard InChI is InChI=1S/C13H15N3O3/c1-9-14-15-12(8-19-2)16(9)7-10-3-5-11(6-4-10)13(17)18/h3-6H,7-8H2,1-2H3,(H,17,18). The molecule has 1 aromatic carbocycles. The van der Waals surface area contributed by atoms with Crippen LogP contribution >= 0.6 is 0 Å². The maximum absolute atomic E-state index is 10.8. The number of carboxylic acid groups (broad SMARTS) is 1. The van der Waals surface area contributed by atoms with Gasteiger partial charge in [-0.25, -0.2) is 4.79 Å². The van der Waals surface area contributed by atoms with Gasteiger partial charge in [0.05, 0.1) is 12.1 Å². The third kappa shape index (κ3) is 2.97. The Morgan fingerprint density at radius 2 is 2.00 bits per heavy atom. The van der Waals surface area contributed by atoms with Crippen LogP contribution in [0.1, 0.15) is 27.6 Å². The van der Waals surface area contributed by atoms with E-state index in [1.165, 1.54) is 0 Å². The Kier molecular flexibility index (Phi) is 3.91. The number of carboxylic acids is 1. The quantitative estimate of drug-likeness (QED) is 0.882. The predicted octanol–water partition coefficient (Wildman–Crippen LogP) is 1.48. The highest BCUT2D eigenvalue weighted by Gasteiger charge is 2.09. The molecule has 0 radical (unpaired) electrons. The molecule has 0 spiro atoms. The van der Waals surface area contributed by atoms with Crippen molar-refractivity contribution in [2.45, 2.75) is 20.1 Å². The van der Waals surface area contributed by atoms with Crippen LogP contribution < -0.4 is 0 Å². The van der Waals surface area contributed by atoms with Crippen LogP contribution in [0.3, 0.4) is 0 Å². The van der Waals surface area contributed by atoms with Gasteiger partial charge >= 0.3 is 5.97 Å². The lowest BCUT2D eigenvalue weighted by Crippen LogP contribution is -2.08. The molecule has 2 aromatic rings. The van der Waals surface area contributed by atoms with E-state index < -0.39 is 5.97 Å². The van der Waals surface area contributed by atoms with Crippen molar-refractivity contribution in [2.24, 2.45) is 0 Å². The normalized spacial score (nSPS) is 10.6. The lowest BCUT2D eigenvalue weighted by atomic mass is 10.1. The highest BCUT2D eigenvalue weighted by Crippen LogP contribution is 2.10. The van der Waals surface area contributed by atoms with Gasteiger partial charge < -0.3 is 14.4 Å². The van der Waals surface area contributed by atoms with Gasteiger partial charge in [-0.15, -0.1) is 10.2 Å². The van der Waals surface area contributed by atoms with Crippen molar-refractivity contribution in [1.29, 1.82) is 0 Å². The van der Waals surface area contributed by atoms with Crippen molar-refractivity contribution in [1.82, 2.24) is 14.8 Å². The summed E-state index contributed by atoms with van der Waals surface area (Å²) in [5.41, 5.74) is 1.27. The maximum Gasteiger partial charge on any atom is 0.335 e. The van der Waals surface area contributed by atoms with E-state index in [1.54, 1.807) is 31.4 Å². The summed E-state index contributed by atoms with van der Waals surface area (Å²) < 4.78 is 7.01. The summed E-state index contributed by atoms with van der Waals surface area (Å²) >= 11 is 0. The Balaban J connectivity index is 2.21. The van der Waals surface area contributed by atoms with E-state index in [9.17, 15) is 4.79 Å². The van der Waals surface area contributed by atoms with Gasteiger partial charge in [0.2, 0.25) is 0 Å². The van der Waals surface area contributed by atoms with E-state index in [-0.39, 0.29) is 5.56 Å². The summed E-state index contributed by atoms with van der Waals surface area (Å²) in [6, 6.07) is 6.76. The third-order valence-electron chi connectivity index (χ3n) is 2.83. The third-order valence-corrected chi connectivity index (χ3v) is 2.83. The zero-order chi connectivity index (χ0) is 13.8. The second kappa shape index (κ2) is 5.62. The average molecular weight is 261 g/mol. The molecule has 100 valence electrons. The number of methoxy groups -OCH3 is 1. The molecule has 0 aliphatic heterocycles. The Morgan fingerprint density at radius 1 is 1.32 bits per heavy atom. The van der Waals surface area contributed by atoms with E-state index in [1.807, 2.05) is 11.5 Å². The number of ether oxygens (including phenoxy) is 1. The number of hydrogen-bond acceptors (Lipinski definition) is 4. The largest absolute Gasteiger partial charge is 0.478 e. The summed E-state index contributed by atoms with van der Waals surface area (Å²) in [6.07, 6.45) is 0. The van der Waals surface area contributed by atoms with Gasteiger partial charge in [0.25, 0.3) is 0 Å². The van der Waals surface area contributed by atoms with Crippen molar-refractivity contribution in [3.05, 3.63) is 47.0 Å². The molecular formula is C13H15N3O3. The van der Waals surface area contributed by atoms with Crippen LogP contribution in [0.4, 0.5) is 0 Å². The summed E-state index contributed by atoms with van der Waals surface area (Å²) in [7, 11) is 1.61. The monoisotopic (exact) mass is 261 g/mol. The molecule has 0 saturated carbocycles. The van der Waals surface area contributed by atoms with E-state index in [0.717, 1.165) is 17.2 Å². The summed E-state index contributed by atoms with van der Waals surface area (Å²) in [5.74, 6) is 0.628. The van der Waals surface area contributed by atoms with Gasteiger partial charge in [-0.1, -0.05) is 12.1 Å². The number of nitrogens with zero attached hydrogens (tertiary/aromatic N) is 3. The second-order valence-corrected chi connectivity index (χ2v) is 4.18. The number of aryl methyl sites for hydroxylation is 1. The van der Waals surface area contributed by atoms with Crippen LogP contribution in [0, 0.1) is 6.92 Å². The minimum absolute atomic E-state index is 0.279. The van der Waals surface area contributed by atoms with Crippen LogP contribution in [-0.2, 0) is 17.9 Å². The van der Waals surface area contributed by atoms with Crippen molar-refractivity contribution >= 4 is 5.97 Å². The number of rotatable bonds is 5. The van der Waals surface area contributed by atoms with Crippen molar-refractivity contribution in [3.63, 3.8) is 0 Å². The Bertz CT molecular complexity index is 575. The molecule has 6 heteroatoms. The van der Waals surface area contributed by atoms with Crippen LogP contribution in [-0.4, -0.2) is 33.0 Å². The number of aromatic carboxylic acids is 1. The lowest BCUT2D eigenvalue weighted by Gasteiger charge is -2.08.